The molecule has 3 aliphatic rings. The summed E-state index contributed by atoms with van der Waals surface area (Å²) in [7, 11) is 4.88. The van der Waals surface area contributed by atoms with Crippen LogP contribution in [-0.2, 0) is 9.59 Å². The molecule has 2 bridgehead atoms. The molecule has 186 valence electrons. The van der Waals surface area contributed by atoms with Gasteiger partial charge in [-0.15, -0.1) is 0 Å². The molecule has 0 unspecified atom stereocenters. The van der Waals surface area contributed by atoms with Crippen molar-refractivity contribution in [3.63, 3.8) is 0 Å². The standard InChI is InChI=1S/C31H27NO5/c1-35-21-10-4-18(5-11-21)26(19-6-12-22(36-2)13-7-19)27-24-16-17-25(27)29-28(24)30(33)32(31(29)34)20-8-14-23(37-3)15-9-20/h4-17,24-25,28-29H,1-3H3/t24-,25+,28-,29-/m1/s1. The summed E-state index contributed by atoms with van der Waals surface area (Å²) in [6.07, 6.45) is 4.22. The minimum absolute atomic E-state index is 0.140. The van der Waals surface area contributed by atoms with Crippen LogP contribution in [0.5, 0.6) is 17.2 Å². The first-order chi connectivity index (χ1) is 18.0. The molecular formula is C31H27NO5. The second kappa shape index (κ2) is 8.96. The van der Waals surface area contributed by atoms with Gasteiger partial charge in [0.2, 0.25) is 11.8 Å². The molecule has 6 rings (SSSR count). The molecule has 2 amide bonds. The molecule has 1 saturated heterocycles. The van der Waals surface area contributed by atoms with E-state index in [1.807, 2.05) is 48.5 Å². The molecule has 4 atom stereocenters. The number of carbonyl (C=O) groups excluding carboxylic acids is 2. The Morgan fingerprint density at radius 1 is 0.595 bits per heavy atom. The summed E-state index contributed by atoms with van der Waals surface area (Å²) >= 11 is 0. The van der Waals surface area contributed by atoms with E-state index < -0.39 is 11.8 Å². The number of methoxy groups -OCH3 is 3. The second-order valence-corrected chi connectivity index (χ2v) is 9.49. The number of fused-ring (bicyclic) bond motifs is 5. The predicted octanol–water partition coefficient (Wildman–Crippen LogP) is 5.14. The molecule has 6 heteroatoms. The van der Waals surface area contributed by atoms with Gasteiger partial charge in [-0.2, -0.15) is 0 Å². The largest absolute Gasteiger partial charge is 0.497 e. The molecule has 1 saturated carbocycles. The normalized spacial score (nSPS) is 23.4. The molecule has 3 aromatic carbocycles. The van der Waals surface area contributed by atoms with Crippen LogP contribution in [0.1, 0.15) is 11.1 Å². The van der Waals surface area contributed by atoms with Crippen molar-refractivity contribution >= 4 is 23.1 Å². The molecule has 1 heterocycles. The number of nitrogens with zero attached hydrogens (tertiary/aromatic N) is 1. The minimum Gasteiger partial charge on any atom is -0.497 e. The zero-order valence-electron chi connectivity index (χ0n) is 20.9. The quantitative estimate of drug-likeness (QED) is 0.352. The summed E-state index contributed by atoms with van der Waals surface area (Å²) in [5, 5.41) is 0. The number of carbonyl (C=O) groups is 2. The van der Waals surface area contributed by atoms with Gasteiger partial charge in [0.25, 0.3) is 0 Å². The lowest BCUT2D eigenvalue weighted by Crippen LogP contribution is -2.33. The molecular weight excluding hydrogens is 466 g/mol. The second-order valence-electron chi connectivity index (χ2n) is 9.49. The Balaban J connectivity index is 1.45. The first-order valence-electron chi connectivity index (χ1n) is 12.3. The Kier molecular flexibility index (Phi) is 5.60. The summed E-state index contributed by atoms with van der Waals surface area (Å²) in [6, 6.07) is 23.0. The molecule has 0 radical (unpaired) electrons. The third-order valence-electron chi connectivity index (χ3n) is 7.79. The molecule has 37 heavy (non-hydrogen) atoms. The molecule has 3 aromatic rings. The Hall–Kier alpha value is -4.32. The fourth-order valence-corrected chi connectivity index (χ4v) is 6.10. The molecule has 0 aromatic heterocycles. The van der Waals surface area contributed by atoms with Crippen molar-refractivity contribution in [1.82, 2.24) is 0 Å². The Morgan fingerprint density at radius 2 is 0.973 bits per heavy atom. The van der Waals surface area contributed by atoms with Crippen molar-refractivity contribution in [3.8, 4) is 17.2 Å². The van der Waals surface area contributed by atoms with E-state index in [9.17, 15) is 9.59 Å². The van der Waals surface area contributed by atoms with Crippen molar-refractivity contribution in [1.29, 1.82) is 0 Å². The fraction of sp³-hybridized carbons (Fsp3) is 0.226. The highest BCUT2D eigenvalue weighted by Crippen LogP contribution is 2.59. The van der Waals surface area contributed by atoms with Crippen LogP contribution in [0.25, 0.3) is 5.57 Å². The van der Waals surface area contributed by atoms with E-state index in [1.54, 1.807) is 45.6 Å². The van der Waals surface area contributed by atoms with E-state index in [1.165, 1.54) is 4.90 Å². The smallest absolute Gasteiger partial charge is 0.238 e. The zero-order valence-corrected chi connectivity index (χ0v) is 20.9. The maximum Gasteiger partial charge on any atom is 0.238 e. The summed E-state index contributed by atoms with van der Waals surface area (Å²) in [5.74, 6) is 0.829. The number of anilines is 1. The number of rotatable bonds is 6. The number of imide groups is 1. The zero-order chi connectivity index (χ0) is 25.7. The van der Waals surface area contributed by atoms with Gasteiger partial charge in [-0.05, 0) is 70.8 Å². The average Bonchev–Trinajstić information content (AvgIpc) is 3.58. The van der Waals surface area contributed by atoms with E-state index in [0.29, 0.717) is 11.4 Å². The van der Waals surface area contributed by atoms with Crippen LogP contribution in [0.3, 0.4) is 0 Å². The van der Waals surface area contributed by atoms with Crippen LogP contribution in [-0.4, -0.2) is 33.1 Å². The topological polar surface area (TPSA) is 65.1 Å². The van der Waals surface area contributed by atoms with E-state index in [2.05, 4.69) is 12.2 Å². The SMILES string of the molecule is COc1ccc(C(=C2[C@H]3C=C[C@@H]2[C@H]2C(=O)N(c4ccc(OC)cc4)C(=O)[C@@H]23)c2ccc(OC)cc2)cc1. The lowest BCUT2D eigenvalue weighted by Gasteiger charge is -2.22. The van der Waals surface area contributed by atoms with Gasteiger partial charge in [0.1, 0.15) is 17.2 Å². The maximum absolute atomic E-state index is 13.7. The lowest BCUT2D eigenvalue weighted by atomic mass is 9.85. The third-order valence-corrected chi connectivity index (χ3v) is 7.79. The number of benzene rings is 3. The van der Waals surface area contributed by atoms with E-state index in [-0.39, 0.29) is 23.7 Å². The minimum atomic E-state index is -0.411. The summed E-state index contributed by atoms with van der Waals surface area (Å²) in [4.78, 5) is 28.8. The van der Waals surface area contributed by atoms with Gasteiger partial charge in [0.05, 0.1) is 38.9 Å². The van der Waals surface area contributed by atoms with Gasteiger partial charge in [-0.1, -0.05) is 36.4 Å². The summed E-state index contributed by atoms with van der Waals surface area (Å²) < 4.78 is 16.0. The third kappa shape index (κ3) is 3.55. The van der Waals surface area contributed by atoms with Crippen LogP contribution in [0.2, 0.25) is 0 Å². The highest BCUT2D eigenvalue weighted by Gasteiger charge is 2.62. The van der Waals surface area contributed by atoms with E-state index in [4.69, 9.17) is 14.2 Å². The highest BCUT2D eigenvalue weighted by atomic mass is 16.5. The van der Waals surface area contributed by atoms with Crippen molar-refractivity contribution < 1.29 is 23.8 Å². The van der Waals surface area contributed by atoms with E-state index >= 15 is 0 Å². The molecule has 2 fully saturated rings. The number of hydrogen-bond acceptors (Lipinski definition) is 5. The van der Waals surface area contributed by atoms with Gasteiger partial charge < -0.3 is 14.2 Å². The van der Waals surface area contributed by atoms with Crippen LogP contribution in [0.15, 0.2) is 90.5 Å². The van der Waals surface area contributed by atoms with Crippen molar-refractivity contribution in [2.45, 2.75) is 0 Å². The van der Waals surface area contributed by atoms with Crippen molar-refractivity contribution in [3.05, 3.63) is 102 Å². The number of allylic oxidation sites excluding steroid dienone is 3. The first kappa shape index (κ1) is 23.1. The van der Waals surface area contributed by atoms with Crippen LogP contribution < -0.4 is 19.1 Å². The monoisotopic (exact) mass is 493 g/mol. The van der Waals surface area contributed by atoms with Crippen LogP contribution in [0.4, 0.5) is 5.69 Å². The maximum atomic E-state index is 13.7. The molecule has 0 N–H and O–H groups in total. The Bertz CT molecular complexity index is 1340. The van der Waals surface area contributed by atoms with Crippen molar-refractivity contribution in [2.75, 3.05) is 26.2 Å². The summed E-state index contributed by atoms with van der Waals surface area (Å²) in [5.41, 5.74) is 4.80. The molecule has 6 nitrogen and oxygen atoms in total. The number of amides is 2. The average molecular weight is 494 g/mol. The van der Waals surface area contributed by atoms with Gasteiger partial charge in [-0.3, -0.25) is 9.59 Å². The Morgan fingerprint density at radius 3 is 1.35 bits per heavy atom. The molecule has 1 aliphatic heterocycles. The van der Waals surface area contributed by atoms with Crippen LogP contribution >= 0.6 is 0 Å². The van der Waals surface area contributed by atoms with Crippen molar-refractivity contribution in [2.24, 2.45) is 23.7 Å². The lowest BCUT2D eigenvalue weighted by molar-refractivity contribution is -0.122. The van der Waals surface area contributed by atoms with E-state index in [0.717, 1.165) is 33.8 Å². The summed E-state index contributed by atoms with van der Waals surface area (Å²) in [6.45, 7) is 0. The highest BCUT2D eigenvalue weighted by molar-refractivity contribution is 6.23. The van der Waals surface area contributed by atoms with Gasteiger partial charge >= 0.3 is 0 Å². The van der Waals surface area contributed by atoms with Gasteiger partial charge in [-0.25, -0.2) is 4.90 Å². The number of hydrogen-bond donors (Lipinski definition) is 0. The first-order valence-corrected chi connectivity index (χ1v) is 12.3. The Labute approximate surface area is 215 Å². The van der Waals surface area contributed by atoms with Gasteiger partial charge in [0, 0.05) is 11.8 Å². The number of ether oxygens (including phenoxy) is 3. The predicted molar refractivity (Wildman–Crippen MR) is 141 cm³/mol. The molecule has 2 aliphatic carbocycles. The molecule has 0 spiro atoms. The fourth-order valence-electron chi connectivity index (χ4n) is 6.10. The van der Waals surface area contributed by atoms with Gasteiger partial charge in [0.15, 0.2) is 0 Å². The van der Waals surface area contributed by atoms with Crippen LogP contribution in [0, 0.1) is 23.7 Å².